The lowest BCUT2D eigenvalue weighted by atomic mass is 9.98. The van der Waals surface area contributed by atoms with E-state index in [2.05, 4.69) is 0 Å². The van der Waals surface area contributed by atoms with Crippen molar-refractivity contribution in [2.45, 2.75) is 11.1 Å². The summed E-state index contributed by atoms with van der Waals surface area (Å²) in [4.78, 5) is 10.9. The van der Waals surface area contributed by atoms with Crippen molar-refractivity contribution in [2.75, 3.05) is 19.5 Å². The van der Waals surface area contributed by atoms with Crippen LogP contribution in [0.15, 0.2) is 77.7 Å². The van der Waals surface area contributed by atoms with E-state index in [9.17, 15) is 18.0 Å². The fourth-order valence-corrected chi connectivity index (χ4v) is 4.01. The SMILES string of the molecule is CO.O=CCOc1ccc(SCC=C(c2ccc(Cl)cc2)c2ccc(Cl)cc2)cc1C(F)(F)F. The van der Waals surface area contributed by atoms with Crippen LogP contribution in [0.2, 0.25) is 10.0 Å². The van der Waals surface area contributed by atoms with E-state index in [1.165, 1.54) is 23.9 Å². The maximum absolute atomic E-state index is 13.4. The molecule has 180 valence electrons. The molecule has 9 heteroatoms. The summed E-state index contributed by atoms with van der Waals surface area (Å²) in [5.41, 5.74) is 1.84. The second-order valence-corrected chi connectivity index (χ2v) is 8.54. The predicted molar refractivity (Wildman–Crippen MR) is 132 cm³/mol. The maximum Gasteiger partial charge on any atom is 0.420 e. The molecular weight excluding hydrogens is 508 g/mol. The summed E-state index contributed by atoms with van der Waals surface area (Å²) >= 11 is 13.3. The van der Waals surface area contributed by atoms with Crippen molar-refractivity contribution in [3.8, 4) is 5.75 Å². The van der Waals surface area contributed by atoms with Crippen molar-refractivity contribution in [2.24, 2.45) is 0 Å². The molecule has 0 fully saturated rings. The zero-order valence-electron chi connectivity index (χ0n) is 18.0. The first-order chi connectivity index (χ1) is 16.3. The van der Waals surface area contributed by atoms with Crippen molar-refractivity contribution in [3.05, 3.63) is 99.5 Å². The van der Waals surface area contributed by atoms with Gasteiger partial charge in [-0.3, -0.25) is 4.79 Å². The number of benzene rings is 3. The minimum Gasteiger partial charge on any atom is -0.486 e. The first kappa shape index (κ1) is 27.8. The van der Waals surface area contributed by atoms with Crippen LogP contribution >= 0.6 is 35.0 Å². The molecule has 0 heterocycles. The first-order valence-electron chi connectivity index (χ1n) is 9.85. The fraction of sp³-hybridized carbons (Fsp3) is 0.160. The van der Waals surface area contributed by atoms with E-state index < -0.39 is 18.3 Å². The molecule has 34 heavy (non-hydrogen) atoms. The Bertz CT molecular complexity index is 1050. The monoisotopic (exact) mass is 528 g/mol. The number of ether oxygens (including phenoxy) is 1. The maximum atomic E-state index is 13.4. The summed E-state index contributed by atoms with van der Waals surface area (Å²) < 4.78 is 45.1. The Balaban J connectivity index is 0.00000199. The Kier molecular flexibility index (Phi) is 11.0. The van der Waals surface area contributed by atoms with Gasteiger partial charge in [-0.25, -0.2) is 0 Å². The Labute approximate surface area is 210 Å². The first-order valence-corrected chi connectivity index (χ1v) is 11.6. The van der Waals surface area contributed by atoms with Crippen LogP contribution in [0.4, 0.5) is 13.2 Å². The van der Waals surface area contributed by atoms with Crippen LogP contribution in [-0.2, 0) is 11.0 Å². The van der Waals surface area contributed by atoms with Crippen LogP contribution in [0.5, 0.6) is 5.75 Å². The van der Waals surface area contributed by atoms with Crippen LogP contribution in [0.3, 0.4) is 0 Å². The molecule has 0 radical (unpaired) electrons. The van der Waals surface area contributed by atoms with Gasteiger partial charge in [-0.05, 0) is 59.2 Å². The third kappa shape index (κ3) is 8.09. The lowest BCUT2D eigenvalue weighted by Crippen LogP contribution is -2.10. The summed E-state index contributed by atoms with van der Waals surface area (Å²) in [5, 5.41) is 8.21. The number of halogens is 5. The van der Waals surface area contributed by atoms with Gasteiger partial charge < -0.3 is 9.84 Å². The minimum absolute atomic E-state index is 0.368. The Morgan fingerprint density at radius 1 is 0.941 bits per heavy atom. The molecule has 0 aromatic heterocycles. The summed E-state index contributed by atoms with van der Waals surface area (Å²) in [6.07, 6.45) is -2.24. The Hall–Kier alpha value is -2.45. The zero-order valence-corrected chi connectivity index (χ0v) is 20.3. The molecule has 3 aromatic carbocycles. The summed E-state index contributed by atoms with van der Waals surface area (Å²) in [7, 11) is 1.00. The average molecular weight is 529 g/mol. The molecule has 0 spiro atoms. The molecule has 0 aliphatic carbocycles. The number of thioether (sulfide) groups is 1. The standard InChI is InChI=1S/C24H17Cl2F3O2S.CH4O/c25-18-5-1-16(2-6-18)21(17-3-7-19(26)8-4-17)11-14-32-20-9-10-23(31-13-12-30)22(15-20)24(27,28)29;1-2/h1-12,15H,13-14H2;2H,1H3. The van der Waals surface area contributed by atoms with Gasteiger partial charge >= 0.3 is 6.18 Å². The van der Waals surface area contributed by atoms with E-state index in [0.29, 0.717) is 27.0 Å². The van der Waals surface area contributed by atoms with Crippen LogP contribution in [0.1, 0.15) is 16.7 Å². The van der Waals surface area contributed by atoms with Crippen molar-refractivity contribution in [1.82, 2.24) is 0 Å². The van der Waals surface area contributed by atoms with E-state index in [1.807, 2.05) is 30.3 Å². The molecule has 0 atom stereocenters. The Morgan fingerprint density at radius 2 is 1.47 bits per heavy atom. The van der Waals surface area contributed by atoms with E-state index in [1.54, 1.807) is 24.3 Å². The highest BCUT2D eigenvalue weighted by Gasteiger charge is 2.34. The van der Waals surface area contributed by atoms with Gasteiger partial charge in [-0.1, -0.05) is 53.5 Å². The fourth-order valence-electron chi connectivity index (χ4n) is 2.95. The average Bonchev–Trinajstić information content (AvgIpc) is 2.83. The third-order valence-corrected chi connectivity index (χ3v) is 5.84. The molecule has 3 aromatic rings. The molecule has 3 nitrogen and oxygen atoms in total. The lowest BCUT2D eigenvalue weighted by molar-refractivity contribution is -0.139. The molecule has 1 N–H and O–H groups in total. The van der Waals surface area contributed by atoms with Crippen LogP contribution < -0.4 is 4.74 Å². The second-order valence-electron chi connectivity index (χ2n) is 6.58. The second kappa shape index (κ2) is 13.4. The molecule has 3 rings (SSSR count). The largest absolute Gasteiger partial charge is 0.486 e. The number of hydrogen-bond donors (Lipinski definition) is 1. The quantitative estimate of drug-likeness (QED) is 0.244. The van der Waals surface area contributed by atoms with E-state index in [0.717, 1.165) is 29.9 Å². The van der Waals surface area contributed by atoms with Crippen LogP contribution in [0.25, 0.3) is 5.57 Å². The van der Waals surface area contributed by atoms with Gasteiger partial charge in [0.1, 0.15) is 12.4 Å². The predicted octanol–water partition coefficient (Wildman–Crippen LogP) is 7.42. The highest BCUT2D eigenvalue weighted by atomic mass is 35.5. The van der Waals surface area contributed by atoms with Gasteiger partial charge in [0.25, 0.3) is 0 Å². The van der Waals surface area contributed by atoms with Crippen molar-refractivity contribution < 1.29 is 27.8 Å². The van der Waals surface area contributed by atoms with Crippen molar-refractivity contribution >= 4 is 46.8 Å². The molecule has 0 saturated heterocycles. The normalized spacial score (nSPS) is 10.7. The lowest BCUT2D eigenvalue weighted by Gasteiger charge is -2.14. The number of rotatable bonds is 8. The summed E-state index contributed by atoms with van der Waals surface area (Å²) in [6.45, 7) is -0.441. The number of carbonyl (C=O) groups is 1. The summed E-state index contributed by atoms with van der Waals surface area (Å²) in [6, 6.07) is 18.5. The van der Waals surface area contributed by atoms with Gasteiger partial charge in [-0.2, -0.15) is 13.2 Å². The van der Waals surface area contributed by atoms with Gasteiger partial charge in [-0.15, -0.1) is 11.8 Å². The molecule has 0 saturated carbocycles. The minimum atomic E-state index is -4.59. The number of alkyl halides is 3. The number of carbonyl (C=O) groups excluding carboxylic acids is 1. The van der Waals surface area contributed by atoms with Crippen LogP contribution in [-0.4, -0.2) is 30.9 Å². The van der Waals surface area contributed by atoms with E-state index in [4.69, 9.17) is 33.0 Å². The number of aldehydes is 1. The highest BCUT2D eigenvalue weighted by Crippen LogP contribution is 2.39. The van der Waals surface area contributed by atoms with Gasteiger partial charge in [0.05, 0.1) is 5.56 Å². The molecule has 0 amide bonds. The van der Waals surface area contributed by atoms with Gasteiger partial charge in [0.2, 0.25) is 0 Å². The Morgan fingerprint density at radius 3 is 1.94 bits per heavy atom. The third-order valence-electron chi connectivity index (χ3n) is 4.41. The zero-order chi connectivity index (χ0) is 25.1. The molecule has 0 aliphatic rings. The number of aliphatic hydroxyl groups excluding tert-OH is 1. The summed E-state index contributed by atoms with van der Waals surface area (Å²) in [5.74, 6) is 0.0550. The molecule has 0 bridgehead atoms. The van der Waals surface area contributed by atoms with Gasteiger partial charge in [0.15, 0.2) is 6.29 Å². The van der Waals surface area contributed by atoms with Gasteiger partial charge in [0, 0.05) is 27.8 Å². The van der Waals surface area contributed by atoms with Crippen molar-refractivity contribution in [1.29, 1.82) is 0 Å². The van der Waals surface area contributed by atoms with Crippen molar-refractivity contribution in [3.63, 3.8) is 0 Å². The molecule has 0 aliphatic heterocycles. The van der Waals surface area contributed by atoms with Crippen LogP contribution in [0, 0.1) is 0 Å². The van der Waals surface area contributed by atoms with E-state index >= 15 is 0 Å². The number of aliphatic hydroxyl groups is 1. The molecule has 0 unspecified atom stereocenters. The topological polar surface area (TPSA) is 46.5 Å². The van der Waals surface area contributed by atoms with E-state index in [-0.39, 0.29) is 5.75 Å². The molecular formula is C25H21Cl2F3O3S. The highest BCUT2D eigenvalue weighted by molar-refractivity contribution is 7.99. The smallest absolute Gasteiger partial charge is 0.420 e. The number of hydrogen-bond acceptors (Lipinski definition) is 4.